The summed E-state index contributed by atoms with van der Waals surface area (Å²) in [4.78, 5) is 5.75. The van der Waals surface area contributed by atoms with Crippen molar-refractivity contribution in [1.82, 2.24) is 14.9 Å². The van der Waals surface area contributed by atoms with Gasteiger partial charge in [-0.3, -0.25) is 0 Å². The topological polar surface area (TPSA) is 29.9 Å². The maximum Gasteiger partial charge on any atom is 0.131 e. The first-order valence-electron chi connectivity index (χ1n) is 5.41. The van der Waals surface area contributed by atoms with E-state index >= 15 is 0 Å². The molecule has 0 radical (unpaired) electrons. The largest absolute Gasteiger partial charge is 0.336 e. The molecule has 0 aliphatic rings. The van der Waals surface area contributed by atoms with Crippen LogP contribution in [0.25, 0.3) is 9.40 Å². The lowest BCUT2D eigenvalue weighted by Crippen LogP contribution is -2.20. The van der Waals surface area contributed by atoms with Crippen LogP contribution < -0.4 is 5.32 Å². The number of nitrogens with zero attached hydrogens (tertiary/aromatic N) is 2. The average molecular weight is 263 g/mol. The molecule has 0 saturated heterocycles. The monoisotopic (exact) mass is 263 g/mol. The minimum absolute atomic E-state index is 0.180. The molecule has 1 N–H and O–H groups in total. The third-order valence-electron chi connectivity index (χ3n) is 2.85. The van der Waals surface area contributed by atoms with Gasteiger partial charge in [-0.1, -0.05) is 0 Å². The second kappa shape index (κ2) is 4.25. The Balaban J connectivity index is 2.06. The molecular weight excluding hydrogens is 250 g/mol. The van der Waals surface area contributed by atoms with E-state index in [4.69, 9.17) is 0 Å². The number of rotatable bonds is 3. The van der Waals surface area contributed by atoms with Crippen LogP contribution in [0.2, 0.25) is 0 Å². The first-order valence-corrected chi connectivity index (χ1v) is 7.10. The quantitative estimate of drug-likeness (QED) is 0.787. The number of thiophene rings is 2. The molecule has 0 fully saturated rings. The highest BCUT2D eigenvalue weighted by Gasteiger charge is 2.18. The summed E-state index contributed by atoms with van der Waals surface area (Å²) in [5, 5.41) is 5.48. The van der Waals surface area contributed by atoms with Crippen LogP contribution >= 0.6 is 22.7 Å². The van der Waals surface area contributed by atoms with Gasteiger partial charge in [0.05, 0.1) is 0 Å². The summed E-state index contributed by atoms with van der Waals surface area (Å²) in [6, 6.07) is 4.62. The first-order chi connectivity index (χ1) is 8.29. The van der Waals surface area contributed by atoms with Crippen LogP contribution in [0.1, 0.15) is 16.7 Å². The van der Waals surface area contributed by atoms with Crippen molar-refractivity contribution < 1.29 is 0 Å². The van der Waals surface area contributed by atoms with Gasteiger partial charge < -0.3 is 9.88 Å². The van der Waals surface area contributed by atoms with Crippen LogP contribution in [-0.2, 0) is 7.05 Å². The van der Waals surface area contributed by atoms with E-state index in [-0.39, 0.29) is 6.04 Å². The molecule has 0 saturated carbocycles. The molecule has 0 aliphatic carbocycles. The van der Waals surface area contributed by atoms with Gasteiger partial charge in [0.15, 0.2) is 0 Å². The van der Waals surface area contributed by atoms with Crippen LogP contribution in [0.3, 0.4) is 0 Å². The Bertz CT molecular complexity index is 606. The molecule has 0 bridgehead atoms. The number of hydrogen-bond donors (Lipinski definition) is 1. The SMILES string of the molecule is CNC(c1cc2sccc2s1)c1nccn1C. The number of aryl methyl sites for hydroxylation is 1. The Labute approximate surface area is 108 Å². The van der Waals surface area contributed by atoms with E-state index in [1.54, 1.807) is 11.3 Å². The predicted octanol–water partition coefficient (Wildman–Crippen LogP) is 3.01. The fourth-order valence-corrected chi connectivity index (χ4v) is 4.21. The highest BCUT2D eigenvalue weighted by molar-refractivity contribution is 7.26. The van der Waals surface area contributed by atoms with Crippen molar-refractivity contribution in [2.75, 3.05) is 7.05 Å². The molecule has 0 aromatic carbocycles. The molecule has 1 unspecified atom stereocenters. The van der Waals surface area contributed by atoms with Gasteiger partial charge in [-0.05, 0) is 24.6 Å². The Morgan fingerprint density at radius 1 is 1.41 bits per heavy atom. The fourth-order valence-electron chi connectivity index (χ4n) is 1.98. The molecule has 0 aliphatic heterocycles. The summed E-state index contributed by atoms with van der Waals surface area (Å²) in [5.41, 5.74) is 0. The molecule has 17 heavy (non-hydrogen) atoms. The first kappa shape index (κ1) is 11.0. The molecular formula is C12H13N3S2. The lowest BCUT2D eigenvalue weighted by Gasteiger charge is -2.13. The molecule has 3 aromatic rings. The molecule has 3 aromatic heterocycles. The van der Waals surface area contributed by atoms with Crippen LogP contribution in [-0.4, -0.2) is 16.6 Å². The molecule has 0 spiro atoms. The van der Waals surface area contributed by atoms with Gasteiger partial charge in [0, 0.05) is 33.7 Å². The Morgan fingerprint density at radius 3 is 2.94 bits per heavy atom. The standard InChI is InChI=1S/C12H13N3S2/c1-13-11(12-14-4-5-15(12)2)10-7-9-8(17-10)3-6-16-9/h3-7,11,13H,1-2H3. The molecule has 3 rings (SSSR count). The van der Waals surface area contributed by atoms with Gasteiger partial charge in [0.2, 0.25) is 0 Å². The average Bonchev–Trinajstić information content (AvgIpc) is 2.96. The normalized spacial score (nSPS) is 13.3. The van der Waals surface area contributed by atoms with Gasteiger partial charge in [-0.2, -0.15) is 0 Å². The van der Waals surface area contributed by atoms with Crippen molar-refractivity contribution in [3.63, 3.8) is 0 Å². The zero-order chi connectivity index (χ0) is 11.8. The minimum Gasteiger partial charge on any atom is -0.336 e. The summed E-state index contributed by atoms with van der Waals surface area (Å²) in [7, 11) is 4.01. The van der Waals surface area contributed by atoms with Crippen molar-refractivity contribution in [3.05, 3.63) is 40.6 Å². The Hall–Kier alpha value is -1.17. The lowest BCUT2D eigenvalue weighted by molar-refractivity contribution is 0.626. The maximum atomic E-state index is 4.43. The lowest BCUT2D eigenvalue weighted by atomic mass is 10.2. The minimum atomic E-state index is 0.180. The van der Waals surface area contributed by atoms with Gasteiger partial charge in [0.25, 0.3) is 0 Å². The summed E-state index contributed by atoms with van der Waals surface area (Å²) in [6.07, 6.45) is 3.82. The zero-order valence-electron chi connectivity index (χ0n) is 9.68. The van der Waals surface area contributed by atoms with Crippen LogP contribution in [0.4, 0.5) is 0 Å². The van der Waals surface area contributed by atoms with Crippen molar-refractivity contribution in [2.45, 2.75) is 6.04 Å². The van der Waals surface area contributed by atoms with Gasteiger partial charge in [0.1, 0.15) is 11.9 Å². The van der Waals surface area contributed by atoms with E-state index in [0.717, 1.165) is 5.82 Å². The van der Waals surface area contributed by atoms with Crippen molar-refractivity contribution in [1.29, 1.82) is 0 Å². The molecule has 3 nitrogen and oxygen atoms in total. The number of imidazole rings is 1. The second-order valence-corrected chi connectivity index (χ2v) is 5.98. The van der Waals surface area contributed by atoms with Crippen LogP contribution in [0.5, 0.6) is 0 Å². The molecule has 3 heterocycles. The van der Waals surface area contributed by atoms with E-state index in [0.29, 0.717) is 0 Å². The third-order valence-corrected chi connectivity index (χ3v) is 5.01. The van der Waals surface area contributed by atoms with Crippen molar-refractivity contribution >= 4 is 32.1 Å². The molecule has 0 amide bonds. The van der Waals surface area contributed by atoms with E-state index in [2.05, 4.69) is 32.4 Å². The smallest absolute Gasteiger partial charge is 0.131 e. The van der Waals surface area contributed by atoms with Crippen LogP contribution in [0, 0.1) is 0 Å². The number of nitrogens with one attached hydrogen (secondary N) is 1. The molecule has 88 valence electrons. The van der Waals surface area contributed by atoms with Crippen molar-refractivity contribution in [3.8, 4) is 0 Å². The van der Waals surface area contributed by atoms with E-state index in [9.17, 15) is 0 Å². The number of fused-ring (bicyclic) bond motifs is 1. The van der Waals surface area contributed by atoms with Crippen molar-refractivity contribution in [2.24, 2.45) is 7.05 Å². The van der Waals surface area contributed by atoms with E-state index in [1.807, 2.05) is 37.8 Å². The highest BCUT2D eigenvalue weighted by atomic mass is 32.1. The number of hydrogen-bond acceptors (Lipinski definition) is 4. The van der Waals surface area contributed by atoms with Gasteiger partial charge >= 0.3 is 0 Å². The third kappa shape index (κ3) is 1.80. The summed E-state index contributed by atoms with van der Waals surface area (Å²) in [6.45, 7) is 0. The second-order valence-electron chi connectivity index (χ2n) is 3.92. The fraction of sp³-hybridized carbons (Fsp3) is 0.250. The molecule has 1 atom stereocenters. The van der Waals surface area contributed by atoms with E-state index in [1.165, 1.54) is 14.3 Å². The summed E-state index contributed by atoms with van der Waals surface area (Å²) in [5.74, 6) is 1.06. The molecule has 5 heteroatoms. The number of aromatic nitrogens is 2. The Kier molecular flexibility index (Phi) is 2.74. The summed E-state index contributed by atoms with van der Waals surface area (Å²) >= 11 is 3.63. The Morgan fingerprint density at radius 2 is 2.29 bits per heavy atom. The summed E-state index contributed by atoms with van der Waals surface area (Å²) < 4.78 is 4.79. The maximum absolute atomic E-state index is 4.43. The zero-order valence-corrected chi connectivity index (χ0v) is 11.3. The van der Waals surface area contributed by atoms with Gasteiger partial charge in [-0.25, -0.2) is 4.98 Å². The van der Waals surface area contributed by atoms with Crippen LogP contribution in [0.15, 0.2) is 29.9 Å². The highest BCUT2D eigenvalue weighted by Crippen LogP contribution is 2.35. The predicted molar refractivity (Wildman–Crippen MR) is 73.8 cm³/mol. The van der Waals surface area contributed by atoms with Gasteiger partial charge in [-0.15, -0.1) is 22.7 Å². The van der Waals surface area contributed by atoms with E-state index < -0.39 is 0 Å².